The van der Waals surface area contributed by atoms with Gasteiger partial charge < -0.3 is 9.88 Å². The lowest BCUT2D eigenvalue weighted by Crippen LogP contribution is -2.26. The lowest BCUT2D eigenvalue weighted by Gasteiger charge is -2.10. The molecule has 0 aliphatic rings. The van der Waals surface area contributed by atoms with Crippen molar-refractivity contribution in [1.82, 2.24) is 24.8 Å². The zero-order valence-electron chi connectivity index (χ0n) is 17.6. The minimum absolute atomic E-state index is 0.118. The lowest BCUT2D eigenvalue weighted by molar-refractivity contribution is 0.0954. The van der Waals surface area contributed by atoms with E-state index in [0.717, 1.165) is 47.1 Å². The van der Waals surface area contributed by atoms with Crippen LogP contribution in [0.15, 0.2) is 55.0 Å². The van der Waals surface area contributed by atoms with Crippen molar-refractivity contribution in [3.05, 3.63) is 77.0 Å². The molecule has 0 aliphatic heterocycles. The van der Waals surface area contributed by atoms with Crippen LogP contribution in [-0.4, -0.2) is 32.0 Å². The molecule has 0 aliphatic carbocycles. The average molecular weight is 434 g/mol. The number of carbonyl (C=O) groups excluding carboxylic acids is 1. The normalized spacial score (nSPS) is 11.1. The van der Waals surface area contributed by atoms with Crippen LogP contribution in [0.1, 0.15) is 35.1 Å². The van der Waals surface area contributed by atoms with E-state index in [1.165, 1.54) is 0 Å². The van der Waals surface area contributed by atoms with E-state index in [9.17, 15) is 4.79 Å². The monoisotopic (exact) mass is 433 g/mol. The summed E-state index contributed by atoms with van der Waals surface area (Å²) >= 11 is 6.02. The largest absolute Gasteiger partial charge is 0.352 e. The highest BCUT2D eigenvalue weighted by Gasteiger charge is 2.13. The van der Waals surface area contributed by atoms with Crippen LogP contribution in [0, 0.1) is 0 Å². The van der Waals surface area contributed by atoms with Crippen molar-refractivity contribution in [3.8, 4) is 11.4 Å². The molecule has 0 saturated heterocycles. The molecule has 0 bridgehead atoms. The molecule has 0 unspecified atom stereocenters. The Morgan fingerprint density at radius 1 is 1.10 bits per heavy atom. The van der Waals surface area contributed by atoms with Crippen molar-refractivity contribution in [2.75, 3.05) is 6.54 Å². The number of hydrogen-bond acceptors (Lipinski definition) is 4. The quantitative estimate of drug-likeness (QED) is 0.462. The number of amides is 1. The number of halogens is 1. The third-order valence-electron chi connectivity index (χ3n) is 5.21. The Balaban J connectivity index is 1.61. The van der Waals surface area contributed by atoms with E-state index in [1.807, 2.05) is 60.3 Å². The summed E-state index contributed by atoms with van der Waals surface area (Å²) in [5.74, 6) is 0.522. The molecule has 4 aromatic rings. The number of hydrogen-bond donors (Lipinski definition) is 1. The van der Waals surface area contributed by atoms with E-state index in [2.05, 4.69) is 17.2 Å². The SMILES string of the molecule is CCCc1nc(-c2ccc(Cl)cc2)nc2cc(C(=O)NCCc3cncn3C)ccc12. The zero-order valence-corrected chi connectivity index (χ0v) is 18.4. The van der Waals surface area contributed by atoms with Gasteiger partial charge in [0, 0.05) is 53.4 Å². The van der Waals surface area contributed by atoms with Gasteiger partial charge in [-0.05, 0) is 42.8 Å². The Morgan fingerprint density at radius 2 is 1.90 bits per heavy atom. The van der Waals surface area contributed by atoms with E-state index < -0.39 is 0 Å². The summed E-state index contributed by atoms with van der Waals surface area (Å²) in [6.07, 6.45) is 6.11. The minimum Gasteiger partial charge on any atom is -0.352 e. The van der Waals surface area contributed by atoms with Gasteiger partial charge in [-0.25, -0.2) is 15.0 Å². The number of imidazole rings is 1. The van der Waals surface area contributed by atoms with Gasteiger partial charge >= 0.3 is 0 Å². The minimum atomic E-state index is -0.118. The second-order valence-corrected chi connectivity index (χ2v) is 7.92. The number of rotatable bonds is 7. The van der Waals surface area contributed by atoms with E-state index in [-0.39, 0.29) is 5.91 Å². The lowest BCUT2D eigenvalue weighted by atomic mass is 10.1. The first-order valence-electron chi connectivity index (χ1n) is 10.3. The Labute approximate surface area is 186 Å². The van der Waals surface area contributed by atoms with Gasteiger partial charge in [0.2, 0.25) is 0 Å². The number of aromatic nitrogens is 4. The van der Waals surface area contributed by atoms with Gasteiger partial charge in [0.15, 0.2) is 5.82 Å². The maximum absolute atomic E-state index is 12.7. The number of nitrogens with zero attached hydrogens (tertiary/aromatic N) is 4. The van der Waals surface area contributed by atoms with E-state index in [4.69, 9.17) is 21.6 Å². The van der Waals surface area contributed by atoms with Gasteiger partial charge in [0.25, 0.3) is 5.91 Å². The predicted molar refractivity (Wildman–Crippen MR) is 123 cm³/mol. The van der Waals surface area contributed by atoms with Crippen LogP contribution in [0.3, 0.4) is 0 Å². The standard InChI is InChI=1S/C24H24ClN5O/c1-3-4-21-20-10-7-17(24(31)27-12-11-19-14-26-15-30(19)2)13-22(20)29-23(28-21)16-5-8-18(25)9-6-16/h5-10,13-15H,3-4,11-12H2,1-2H3,(H,27,31). The molecule has 4 rings (SSSR count). The van der Waals surface area contributed by atoms with E-state index >= 15 is 0 Å². The number of carbonyl (C=O) groups is 1. The molecule has 0 spiro atoms. The zero-order chi connectivity index (χ0) is 21.8. The number of aryl methyl sites for hydroxylation is 2. The van der Waals surface area contributed by atoms with Gasteiger partial charge in [-0.3, -0.25) is 4.79 Å². The number of fused-ring (bicyclic) bond motifs is 1. The molecule has 6 nitrogen and oxygen atoms in total. The molecule has 0 atom stereocenters. The van der Waals surface area contributed by atoms with Crippen LogP contribution in [-0.2, 0) is 19.9 Å². The van der Waals surface area contributed by atoms with Crippen LogP contribution in [0.5, 0.6) is 0 Å². The third kappa shape index (κ3) is 4.75. The Kier molecular flexibility index (Phi) is 6.28. The molecule has 7 heteroatoms. The molecule has 0 fully saturated rings. The summed E-state index contributed by atoms with van der Waals surface area (Å²) in [4.78, 5) is 26.4. The van der Waals surface area contributed by atoms with Gasteiger partial charge in [0.05, 0.1) is 17.5 Å². The fourth-order valence-electron chi connectivity index (χ4n) is 3.52. The molecule has 0 saturated carbocycles. The summed E-state index contributed by atoms with van der Waals surface area (Å²) in [6, 6.07) is 13.1. The molecule has 2 aromatic heterocycles. The summed E-state index contributed by atoms with van der Waals surface area (Å²) in [5.41, 5.74) is 4.31. The highest BCUT2D eigenvalue weighted by atomic mass is 35.5. The highest BCUT2D eigenvalue weighted by molar-refractivity contribution is 6.30. The molecular formula is C24H24ClN5O. The number of nitrogens with one attached hydrogen (secondary N) is 1. The van der Waals surface area contributed by atoms with Crippen molar-refractivity contribution >= 4 is 28.4 Å². The van der Waals surface area contributed by atoms with Crippen LogP contribution in [0.4, 0.5) is 0 Å². The summed E-state index contributed by atoms with van der Waals surface area (Å²) in [6.45, 7) is 2.66. The molecule has 31 heavy (non-hydrogen) atoms. The van der Waals surface area contributed by atoms with Gasteiger partial charge in [-0.1, -0.05) is 31.0 Å². The van der Waals surface area contributed by atoms with Crippen molar-refractivity contribution in [1.29, 1.82) is 0 Å². The topological polar surface area (TPSA) is 72.7 Å². The maximum atomic E-state index is 12.7. The van der Waals surface area contributed by atoms with Crippen LogP contribution < -0.4 is 5.32 Å². The van der Waals surface area contributed by atoms with Gasteiger partial charge in [0.1, 0.15) is 0 Å². The maximum Gasteiger partial charge on any atom is 0.251 e. The number of benzene rings is 2. The first-order valence-corrected chi connectivity index (χ1v) is 10.7. The molecule has 1 N–H and O–H groups in total. The second kappa shape index (κ2) is 9.27. The van der Waals surface area contributed by atoms with Crippen molar-refractivity contribution in [3.63, 3.8) is 0 Å². The summed E-state index contributed by atoms with van der Waals surface area (Å²) < 4.78 is 1.95. The third-order valence-corrected chi connectivity index (χ3v) is 5.46. The van der Waals surface area contributed by atoms with Crippen molar-refractivity contribution in [2.45, 2.75) is 26.2 Å². The van der Waals surface area contributed by atoms with Gasteiger partial charge in [-0.2, -0.15) is 0 Å². The Hall–Kier alpha value is -3.25. The predicted octanol–water partition coefficient (Wildman–Crippen LogP) is 4.61. The van der Waals surface area contributed by atoms with E-state index in [0.29, 0.717) is 23.0 Å². The summed E-state index contributed by atoms with van der Waals surface area (Å²) in [7, 11) is 1.94. The molecule has 2 heterocycles. The fourth-order valence-corrected chi connectivity index (χ4v) is 3.65. The van der Waals surface area contributed by atoms with Gasteiger partial charge in [-0.15, -0.1) is 0 Å². The fraction of sp³-hybridized carbons (Fsp3) is 0.250. The molecule has 158 valence electrons. The molecule has 0 radical (unpaired) electrons. The van der Waals surface area contributed by atoms with Crippen molar-refractivity contribution < 1.29 is 4.79 Å². The first kappa shape index (κ1) is 21.0. The Bertz CT molecular complexity index is 1220. The highest BCUT2D eigenvalue weighted by Crippen LogP contribution is 2.24. The van der Waals surface area contributed by atoms with E-state index in [1.54, 1.807) is 6.33 Å². The smallest absolute Gasteiger partial charge is 0.251 e. The second-order valence-electron chi connectivity index (χ2n) is 7.48. The molecule has 1 amide bonds. The summed E-state index contributed by atoms with van der Waals surface area (Å²) in [5, 5.41) is 4.63. The first-order chi connectivity index (χ1) is 15.0. The van der Waals surface area contributed by atoms with Crippen LogP contribution in [0.25, 0.3) is 22.3 Å². The molecular weight excluding hydrogens is 410 g/mol. The van der Waals surface area contributed by atoms with Crippen molar-refractivity contribution in [2.24, 2.45) is 7.05 Å². The van der Waals surface area contributed by atoms with Crippen LogP contribution in [0.2, 0.25) is 5.02 Å². The average Bonchev–Trinajstić information content (AvgIpc) is 3.18. The molecule has 2 aromatic carbocycles. The Morgan fingerprint density at radius 3 is 2.61 bits per heavy atom. The van der Waals surface area contributed by atoms with Crippen LogP contribution >= 0.6 is 11.6 Å².